The van der Waals surface area contributed by atoms with E-state index < -0.39 is 21.6 Å². The fourth-order valence-electron chi connectivity index (χ4n) is 3.31. The Morgan fingerprint density at radius 2 is 1.82 bits per heavy atom. The minimum absolute atomic E-state index is 0.0362. The fourth-order valence-corrected chi connectivity index (χ4v) is 5.01. The SMILES string of the molecule is O=C(Nc1cc(-c2ccccc2)nn1[C@@H]1CCS(=O)(=O)C1)c1ccccc1F. The molecule has 0 spiro atoms. The standard InChI is InChI=1S/C20H18FN3O3S/c21-17-9-5-4-8-16(17)20(25)22-19-12-18(14-6-2-1-3-7-14)23-24(19)15-10-11-28(26,27)13-15/h1-9,12,15H,10-11,13H2,(H,22,25)/t15-/m1/s1. The van der Waals surface area contributed by atoms with Crippen LogP contribution in [0.15, 0.2) is 60.7 Å². The van der Waals surface area contributed by atoms with Crippen LogP contribution >= 0.6 is 0 Å². The largest absolute Gasteiger partial charge is 0.307 e. The van der Waals surface area contributed by atoms with Crippen LogP contribution in [0.3, 0.4) is 0 Å². The second-order valence-corrected chi connectivity index (χ2v) is 8.94. The number of hydrogen-bond donors (Lipinski definition) is 1. The minimum atomic E-state index is -3.14. The molecule has 4 rings (SSSR count). The third kappa shape index (κ3) is 3.68. The molecular weight excluding hydrogens is 381 g/mol. The molecule has 1 atom stereocenters. The highest BCUT2D eigenvalue weighted by molar-refractivity contribution is 7.91. The summed E-state index contributed by atoms with van der Waals surface area (Å²) in [4.78, 5) is 12.6. The quantitative estimate of drug-likeness (QED) is 0.730. The number of rotatable bonds is 4. The van der Waals surface area contributed by atoms with Crippen LogP contribution < -0.4 is 5.32 Å². The smallest absolute Gasteiger partial charge is 0.259 e. The van der Waals surface area contributed by atoms with E-state index in [0.717, 1.165) is 5.56 Å². The van der Waals surface area contributed by atoms with Crippen molar-refractivity contribution in [1.82, 2.24) is 9.78 Å². The van der Waals surface area contributed by atoms with E-state index in [-0.39, 0.29) is 23.1 Å². The van der Waals surface area contributed by atoms with Crippen molar-refractivity contribution in [3.8, 4) is 11.3 Å². The van der Waals surface area contributed by atoms with Gasteiger partial charge in [-0.1, -0.05) is 42.5 Å². The lowest BCUT2D eigenvalue weighted by atomic mass is 10.1. The third-order valence-electron chi connectivity index (χ3n) is 4.72. The molecule has 3 aromatic rings. The molecule has 0 radical (unpaired) electrons. The number of aromatic nitrogens is 2. The van der Waals surface area contributed by atoms with Gasteiger partial charge in [-0.15, -0.1) is 0 Å². The van der Waals surface area contributed by atoms with Crippen molar-refractivity contribution in [1.29, 1.82) is 0 Å². The minimum Gasteiger partial charge on any atom is -0.307 e. The molecule has 0 aliphatic carbocycles. The first-order valence-electron chi connectivity index (χ1n) is 8.84. The lowest BCUT2D eigenvalue weighted by Gasteiger charge is -2.14. The van der Waals surface area contributed by atoms with Crippen molar-refractivity contribution in [3.63, 3.8) is 0 Å². The summed E-state index contributed by atoms with van der Waals surface area (Å²) >= 11 is 0. The summed E-state index contributed by atoms with van der Waals surface area (Å²) in [7, 11) is -3.14. The van der Waals surface area contributed by atoms with Gasteiger partial charge in [0.2, 0.25) is 0 Å². The van der Waals surface area contributed by atoms with Crippen LogP contribution in [0.25, 0.3) is 11.3 Å². The summed E-state index contributed by atoms with van der Waals surface area (Å²) in [5, 5.41) is 7.23. The summed E-state index contributed by atoms with van der Waals surface area (Å²) in [6.07, 6.45) is 0.417. The van der Waals surface area contributed by atoms with Crippen molar-refractivity contribution < 1.29 is 17.6 Å². The van der Waals surface area contributed by atoms with E-state index in [0.29, 0.717) is 17.9 Å². The molecule has 144 valence electrons. The topological polar surface area (TPSA) is 81.1 Å². The van der Waals surface area contributed by atoms with Gasteiger partial charge in [0.15, 0.2) is 9.84 Å². The van der Waals surface area contributed by atoms with Crippen molar-refractivity contribution in [3.05, 3.63) is 72.0 Å². The molecular formula is C20H18FN3O3S. The molecule has 1 aliphatic heterocycles. The average Bonchev–Trinajstić information content (AvgIpc) is 3.25. The van der Waals surface area contributed by atoms with Crippen molar-refractivity contribution >= 4 is 21.6 Å². The second kappa shape index (κ2) is 7.20. The van der Waals surface area contributed by atoms with Crippen LogP contribution in [-0.4, -0.2) is 35.6 Å². The zero-order valence-electron chi connectivity index (χ0n) is 14.9. The van der Waals surface area contributed by atoms with E-state index in [2.05, 4.69) is 10.4 Å². The molecule has 8 heteroatoms. The van der Waals surface area contributed by atoms with Gasteiger partial charge in [-0.05, 0) is 18.6 Å². The van der Waals surface area contributed by atoms with Crippen LogP contribution in [0.1, 0.15) is 22.8 Å². The summed E-state index contributed by atoms with van der Waals surface area (Å²) in [6.45, 7) is 0. The normalized spacial score (nSPS) is 18.1. The van der Waals surface area contributed by atoms with Crippen LogP contribution in [0.5, 0.6) is 0 Å². The van der Waals surface area contributed by atoms with E-state index in [4.69, 9.17) is 0 Å². The number of benzene rings is 2. The van der Waals surface area contributed by atoms with E-state index in [9.17, 15) is 17.6 Å². The van der Waals surface area contributed by atoms with E-state index in [1.165, 1.54) is 22.9 Å². The van der Waals surface area contributed by atoms with Crippen molar-refractivity contribution in [2.24, 2.45) is 0 Å². The maximum Gasteiger partial charge on any atom is 0.259 e. The molecule has 2 heterocycles. The Labute approximate surface area is 161 Å². The molecule has 1 aromatic heterocycles. The van der Waals surface area contributed by atoms with Gasteiger partial charge in [-0.25, -0.2) is 17.5 Å². The predicted octanol–water partition coefficient (Wildman–Crippen LogP) is 3.30. The number of amides is 1. The molecule has 28 heavy (non-hydrogen) atoms. The van der Waals surface area contributed by atoms with Gasteiger partial charge < -0.3 is 5.32 Å². The molecule has 0 saturated carbocycles. The van der Waals surface area contributed by atoms with E-state index >= 15 is 0 Å². The number of halogens is 1. The molecule has 1 amide bonds. The monoisotopic (exact) mass is 399 g/mol. The molecule has 1 N–H and O–H groups in total. The number of carbonyl (C=O) groups is 1. The maximum absolute atomic E-state index is 14.0. The maximum atomic E-state index is 14.0. The third-order valence-corrected chi connectivity index (χ3v) is 6.47. The molecule has 0 bridgehead atoms. The zero-order chi connectivity index (χ0) is 19.7. The highest BCUT2D eigenvalue weighted by Crippen LogP contribution is 2.30. The Hall–Kier alpha value is -3.00. The highest BCUT2D eigenvalue weighted by atomic mass is 32.2. The first-order valence-corrected chi connectivity index (χ1v) is 10.7. The second-order valence-electron chi connectivity index (χ2n) is 6.72. The van der Waals surface area contributed by atoms with Crippen LogP contribution in [-0.2, 0) is 9.84 Å². The summed E-state index contributed by atoms with van der Waals surface area (Å²) < 4.78 is 39.3. The first-order chi connectivity index (χ1) is 13.4. The van der Waals surface area contributed by atoms with Gasteiger partial charge >= 0.3 is 0 Å². The Balaban J connectivity index is 1.71. The van der Waals surface area contributed by atoms with Crippen LogP contribution in [0.4, 0.5) is 10.2 Å². The number of nitrogens with one attached hydrogen (secondary N) is 1. The molecule has 2 aromatic carbocycles. The predicted molar refractivity (Wildman–Crippen MR) is 104 cm³/mol. The van der Waals surface area contributed by atoms with Crippen LogP contribution in [0.2, 0.25) is 0 Å². The fraction of sp³-hybridized carbons (Fsp3) is 0.200. The number of anilines is 1. The number of sulfone groups is 1. The van der Waals surface area contributed by atoms with Crippen molar-refractivity contribution in [2.45, 2.75) is 12.5 Å². The van der Waals surface area contributed by atoms with Gasteiger partial charge in [0.1, 0.15) is 11.6 Å². The van der Waals surface area contributed by atoms with Crippen LogP contribution in [0, 0.1) is 5.82 Å². The number of hydrogen-bond acceptors (Lipinski definition) is 4. The first kappa shape index (κ1) is 18.4. The van der Waals surface area contributed by atoms with Gasteiger partial charge in [0, 0.05) is 11.6 Å². The Morgan fingerprint density at radius 1 is 1.11 bits per heavy atom. The van der Waals surface area contributed by atoms with Gasteiger partial charge in [0.05, 0.1) is 28.8 Å². The average molecular weight is 399 g/mol. The Kier molecular flexibility index (Phi) is 4.72. The molecule has 1 aliphatic rings. The van der Waals surface area contributed by atoms with E-state index in [1.54, 1.807) is 12.1 Å². The highest BCUT2D eigenvalue weighted by Gasteiger charge is 2.32. The molecule has 1 fully saturated rings. The number of nitrogens with zero attached hydrogens (tertiary/aromatic N) is 2. The summed E-state index contributed by atoms with van der Waals surface area (Å²) in [5.74, 6) is -0.851. The summed E-state index contributed by atoms with van der Waals surface area (Å²) in [6, 6.07) is 16.4. The van der Waals surface area contributed by atoms with Gasteiger partial charge in [-0.3, -0.25) is 4.79 Å². The summed E-state index contributed by atoms with van der Waals surface area (Å²) in [5.41, 5.74) is 1.35. The zero-order valence-corrected chi connectivity index (χ0v) is 15.7. The molecule has 1 saturated heterocycles. The Bertz CT molecular complexity index is 1130. The lowest BCUT2D eigenvalue weighted by Crippen LogP contribution is -2.20. The van der Waals surface area contributed by atoms with Crippen molar-refractivity contribution in [2.75, 3.05) is 16.8 Å². The van der Waals surface area contributed by atoms with E-state index in [1.807, 2.05) is 30.3 Å². The van der Waals surface area contributed by atoms with Gasteiger partial charge in [-0.2, -0.15) is 5.10 Å². The lowest BCUT2D eigenvalue weighted by molar-refractivity contribution is 0.102. The molecule has 0 unspecified atom stereocenters. The molecule has 6 nitrogen and oxygen atoms in total. The van der Waals surface area contributed by atoms with Gasteiger partial charge in [0.25, 0.3) is 5.91 Å². The Morgan fingerprint density at radius 3 is 2.50 bits per heavy atom. The number of carbonyl (C=O) groups excluding carboxylic acids is 1.